The molecule has 1 aliphatic heterocycles. The molecule has 64 valence electrons. The molecule has 0 bridgehead atoms. The van der Waals surface area contributed by atoms with E-state index >= 15 is 0 Å². The Morgan fingerprint density at radius 1 is 1.42 bits per heavy atom. The van der Waals surface area contributed by atoms with Gasteiger partial charge in [-0.15, -0.1) is 0 Å². The maximum absolute atomic E-state index is 3.48. The zero-order valence-electron chi connectivity index (χ0n) is 7.32. The van der Waals surface area contributed by atoms with Crippen molar-refractivity contribution in [1.29, 1.82) is 0 Å². The second-order valence-corrected chi connectivity index (χ2v) is 4.90. The van der Waals surface area contributed by atoms with Crippen LogP contribution in [0.4, 0.5) is 5.69 Å². The molecule has 0 saturated heterocycles. The van der Waals surface area contributed by atoms with Crippen molar-refractivity contribution >= 4 is 21.6 Å². The normalized spacial score (nSPS) is 18.6. The first-order valence-electron chi connectivity index (χ1n) is 4.13. The summed E-state index contributed by atoms with van der Waals surface area (Å²) in [5, 5.41) is 3.48. The van der Waals surface area contributed by atoms with Crippen molar-refractivity contribution < 1.29 is 0 Å². The monoisotopic (exact) mass is 225 g/mol. The summed E-state index contributed by atoms with van der Waals surface area (Å²) < 4.78 is 1.14. The molecule has 0 unspecified atom stereocenters. The van der Waals surface area contributed by atoms with Gasteiger partial charge in [0.2, 0.25) is 0 Å². The number of halogens is 1. The summed E-state index contributed by atoms with van der Waals surface area (Å²) in [6.45, 7) is 4.45. The fourth-order valence-corrected chi connectivity index (χ4v) is 2.07. The number of rotatable bonds is 0. The Bertz CT molecular complexity index is 318. The molecule has 12 heavy (non-hydrogen) atoms. The highest BCUT2D eigenvalue weighted by atomic mass is 79.9. The Kier molecular flexibility index (Phi) is 1.69. The van der Waals surface area contributed by atoms with E-state index in [4.69, 9.17) is 0 Å². The summed E-state index contributed by atoms with van der Waals surface area (Å²) in [4.78, 5) is 0. The van der Waals surface area contributed by atoms with Gasteiger partial charge in [-0.25, -0.2) is 0 Å². The molecule has 0 atom stereocenters. The average Bonchev–Trinajstić information content (AvgIpc) is 2.21. The van der Waals surface area contributed by atoms with Crippen LogP contribution in [0.2, 0.25) is 0 Å². The Morgan fingerprint density at radius 3 is 2.92 bits per heavy atom. The van der Waals surface area contributed by atoms with E-state index in [0.717, 1.165) is 10.9 Å². The molecule has 1 heterocycles. The number of anilines is 1. The van der Waals surface area contributed by atoms with Crippen LogP contribution in [-0.2, 0) is 6.42 Å². The van der Waals surface area contributed by atoms with Gasteiger partial charge in [0, 0.05) is 15.7 Å². The Balaban J connectivity index is 2.43. The maximum Gasteiger partial charge on any atom is 0.0389 e. The molecule has 0 saturated carbocycles. The van der Waals surface area contributed by atoms with Crippen LogP contribution in [0.3, 0.4) is 0 Å². The molecule has 0 radical (unpaired) electrons. The molecule has 1 aliphatic rings. The lowest BCUT2D eigenvalue weighted by Crippen LogP contribution is -2.26. The lowest BCUT2D eigenvalue weighted by molar-refractivity contribution is 0.594. The van der Waals surface area contributed by atoms with E-state index in [1.54, 1.807) is 0 Å². The Hall–Kier alpha value is -0.500. The molecule has 0 amide bonds. The summed E-state index contributed by atoms with van der Waals surface area (Å²) in [6.07, 6.45) is 1.12. The number of hydrogen-bond acceptors (Lipinski definition) is 1. The molecular weight excluding hydrogens is 214 g/mol. The lowest BCUT2D eigenvalue weighted by Gasteiger charge is -2.17. The summed E-state index contributed by atoms with van der Waals surface area (Å²) in [5.41, 5.74) is 2.92. The van der Waals surface area contributed by atoms with Gasteiger partial charge in [-0.1, -0.05) is 22.0 Å². The highest BCUT2D eigenvalue weighted by molar-refractivity contribution is 9.10. The molecule has 0 aromatic heterocycles. The minimum atomic E-state index is 0.225. The van der Waals surface area contributed by atoms with E-state index in [1.807, 2.05) is 0 Å². The van der Waals surface area contributed by atoms with Crippen molar-refractivity contribution in [2.24, 2.45) is 0 Å². The van der Waals surface area contributed by atoms with Crippen molar-refractivity contribution in [1.82, 2.24) is 0 Å². The van der Waals surface area contributed by atoms with E-state index in [-0.39, 0.29) is 5.54 Å². The van der Waals surface area contributed by atoms with Gasteiger partial charge in [0.05, 0.1) is 0 Å². The van der Waals surface area contributed by atoms with Crippen LogP contribution in [0.1, 0.15) is 19.4 Å². The first-order valence-corrected chi connectivity index (χ1v) is 4.93. The number of hydrogen-bond donors (Lipinski definition) is 1. The van der Waals surface area contributed by atoms with Crippen LogP contribution in [0, 0.1) is 0 Å². The quantitative estimate of drug-likeness (QED) is 0.716. The fourth-order valence-electron chi connectivity index (χ4n) is 1.70. The van der Waals surface area contributed by atoms with E-state index < -0.39 is 0 Å². The smallest absolute Gasteiger partial charge is 0.0389 e. The largest absolute Gasteiger partial charge is 0.380 e. The van der Waals surface area contributed by atoms with Crippen LogP contribution in [0.5, 0.6) is 0 Å². The van der Waals surface area contributed by atoms with Gasteiger partial charge in [-0.2, -0.15) is 0 Å². The zero-order valence-corrected chi connectivity index (χ0v) is 8.90. The van der Waals surface area contributed by atoms with Crippen LogP contribution in [0.15, 0.2) is 22.7 Å². The average molecular weight is 226 g/mol. The fraction of sp³-hybridized carbons (Fsp3) is 0.400. The predicted octanol–water partition coefficient (Wildman–Crippen LogP) is 3.20. The van der Waals surface area contributed by atoms with Gasteiger partial charge in [0.1, 0.15) is 0 Å². The van der Waals surface area contributed by atoms with Gasteiger partial charge >= 0.3 is 0 Å². The van der Waals surface area contributed by atoms with Crippen LogP contribution in [0.25, 0.3) is 0 Å². The maximum atomic E-state index is 3.48. The van der Waals surface area contributed by atoms with Crippen molar-refractivity contribution in [3.8, 4) is 0 Å². The highest BCUT2D eigenvalue weighted by Crippen LogP contribution is 2.33. The molecule has 2 heteroatoms. The molecule has 1 aromatic carbocycles. The predicted molar refractivity (Wildman–Crippen MR) is 55.5 cm³/mol. The second-order valence-electron chi connectivity index (χ2n) is 3.99. The Labute approximate surface area is 81.3 Å². The first-order chi connectivity index (χ1) is 5.57. The Morgan fingerprint density at radius 2 is 2.17 bits per heavy atom. The summed E-state index contributed by atoms with van der Waals surface area (Å²) >= 11 is 3.46. The first kappa shape index (κ1) is 8.11. The SMILES string of the molecule is CC1(C)Cc2ccc(Br)cc2N1. The van der Waals surface area contributed by atoms with Gasteiger partial charge in [0.15, 0.2) is 0 Å². The standard InChI is InChI=1S/C10H12BrN/c1-10(2)6-7-3-4-8(11)5-9(7)12-10/h3-5,12H,6H2,1-2H3. The van der Waals surface area contributed by atoms with Crippen molar-refractivity contribution in [3.63, 3.8) is 0 Å². The highest BCUT2D eigenvalue weighted by Gasteiger charge is 2.26. The van der Waals surface area contributed by atoms with Gasteiger partial charge < -0.3 is 5.32 Å². The zero-order chi connectivity index (χ0) is 8.77. The van der Waals surface area contributed by atoms with Crippen LogP contribution >= 0.6 is 15.9 Å². The van der Waals surface area contributed by atoms with Crippen molar-refractivity contribution in [2.75, 3.05) is 5.32 Å². The van der Waals surface area contributed by atoms with Crippen molar-refractivity contribution in [3.05, 3.63) is 28.2 Å². The van der Waals surface area contributed by atoms with E-state index in [0.29, 0.717) is 0 Å². The van der Waals surface area contributed by atoms with Crippen LogP contribution in [-0.4, -0.2) is 5.54 Å². The molecule has 1 N–H and O–H groups in total. The summed E-state index contributed by atoms with van der Waals surface area (Å²) in [5.74, 6) is 0. The number of benzene rings is 1. The third-order valence-electron chi connectivity index (χ3n) is 2.18. The molecule has 0 spiro atoms. The van der Waals surface area contributed by atoms with Crippen LogP contribution < -0.4 is 5.32 Å². The molecule has 0 fully saturated rings. The molecule has 1 aromatic rings. The molecular formula is C10H12BrN. The molecule has 1 nitrogen and oxygen atoms in total. The molecule has 2 rings (SSSR count). The van der Waals surface area contributed by atoms with Gasteiger partial charge in [0.25, 0.3) is 0 Å². The third-order valence-corrected chi connectivity index (χ3v) is 2.67. The minimum Gasteiger partial charge on any atom is -0.380 e. The topological polar surface area (TPSA) is 12.0 Å². The number of fused-ring (bicyclic) bond motifs is 1. The summed E-state index contributed by atoms with van der Waals surface area (Å²) in [6, 6.07) is 6.42. The number of nitrogens with one attached hydrogen (secondary N) is 1. The van der Waals surface area contributed by atoms with Gasteiger partial charge in [-0.05, 0) is 38.0 Å². The third kappa shape index (κ3) is 1.36. The second kappa shape index (κ2) is 2.49. The van der Waals surface area contributed by atoms with Gasteiger partial charge in [-0.3, -0.25) is 0 Å². The lowest BCUT2D eigenvalue weighted by atomic mass is 10.0. The summed E-state index contributed by atoms with van der Waals surface area (Å²) in [7, 11) is 0. The minimum absolute atomic E-state index is 0.225. The van der Waals surface area contributed by atoms with E-state index in [1.165, 1.54) is 11.3 Å². The van der Waals surface area contributed by atoms with E-state index in [9.17, 15) is 0 Å². The van der Waals surface area contributed by atoms with E-state index in [2.05, 4.69) is 53.3 Å². The molecule has 0 aliphatic carbocycles. The van der Waals surface area contributed by atoms with Crippen molar-refractivity contribution in [2.45, 2.75) is 25.8 Å².